The second-order valence-corrected chi connectivity index (χ2v) is 7.10. The Morgan fingerprint density at radius 1 is 1.26 bits per heavy atom. The van der Waals surface area contributed by atoms with Crippen LogP contribution in [0.2, 0.25) is 0 Å². The van der Waals surface area contributed by atoms with Gasteiger partial charge in [-0.2, -0.15) is 0 Å². The van der Waals surface area contributed by atoms with Gasteiger partial charge in [-0.25, -0.2) is 18.4 Å². The lowest BCUT2D eigenvalue weighted by Gasteiger charge is -2.24. The summed E-state index contributed by atoms with van der Waals surface area (Å²) in [4.78, 5) is 8.43. The first-order valence-electron chi connectivity index (χ1n) is 6.54. The van der Waals surface area contributed by atoms with Crippen LogP contribution < -0.4 is 10.6 Å². The molecule has 0 unspecified atom stereocenters. The Morgan fingerprint density at radius 2 is 1.89 bits per heavy atom. The molecule has 2 rings (SSSR count). The highest BCUT2D eigenvalue weighted by molar-refractivity contribution is 7.91. The molecule has 1 aromatic heterocycles. The molecule has 1 fully saturated rings. The number of hydrogen-bond acceptors (Lipinski definition) is 6. The van der Waals surface area contributed by atoms with Crippen LogP contribution in [0, 0.1) is 6.92 Å². The first kappa shape index (κ1) is 14.0. The van der Waals surface area contributed by atoms with Crippen molar-refractivity contribution in [2.75, 3.05) is 28.7 Å². The predicted molar refractivity (Wildman–Crippen MR) is 76.2 cm³/mol. The molecule has 1 aromatic rings. The molecule has 7 heteroatoms. The van der Waals surface area contributed by atoms with E-state index < -0.39 is 9.84 Å². The summed E-state index contributed by atoms with van der Waals surface area (Å²) in [6, 6.07) is 0.173. The van der Waals surface area contributed by atoms with Crippen molar-refractivity contribution < 1.29 is 8.42 Å². The molecule has 1 saturated heterocycles. The van der Waals surface area contributed by atoms with Crippen LogP contribution >= 0.6 is 0 Å². The minimum absolute atomic E-state index is 0.173. The fraction of sp³-hybridized carbons (Fsp3) is 0.667. The summed E-state index contributed by atoms with van der Waals surface area (Å²) < 4.78 is 22.8. The first-order chi connectivity index (χ1) is 9.02. The summed E-state index contributed by atoms with van der Waals surface area (Å²) in [5.41, 5.74) is 0.970. The van der Waals surface area contributed by atoms with Gasteiger partial charge in [0, 0.05) is 18.2 Å². The Hall–Kier alpha value is -1.37. The van der Waals surface area contributed by atoms with Crippen molar-refractivity contribution in [1.29, 1.82) is 0 Å². The maximum atomic E-state index is 11.4. The van der Waals surface area contributed by atoms with Gasteiger partial charge in [-0.3, -0.25) is 0 Å². The van der Waals surface area contributed by atoms with E-state index in [0.717, 1.165) is 23.7 Å². The fourth-order valence-corrected chi connectivity index (χ4v) is 3.66. The fourth-order valence-electron chi connectivity index (χ4n) is 2.17. The molecule has 19 heavy (non-hydrogen) atoms. The van der Waals surface area contributed by atoms with Crippen LogP contribution in [-0.4, -0.2) is 42.5 Å². The zero-order chi connectivity index (χ0) is 13.9. The van der Waals surface area contributed by atoms with E-state index >= 15 is 0 Å². The molecule has 106 valence electrons. The summed E-state index contributed by atoms with van der Waals surface area (Å²) >= 11 is 0. The van der Waals surface area contributed by atoms with E-state index in [1.807, 2.05) is 13.8 Å². The topological polar surface area (TPSA) is 84.0 Å². The van der Waals surface area contributed by atoms with Gasteiger partial charge in [0.25, 0.3) is 0 Å². The van der Waals surface area contributed by atoms with Crippen molar-refractivity contribution in [3.05, 3.63) is 11.9 Å². The molecule has 2 N–H and O–H groups in total. The van der Waals surface area contributed by atoms with E-state index in [2.05, 4.69) is 20.6 Å². The number of hydrogen-bond donors (Lipinski definition) is 2. The van der Waals surface area contributed by atoms with Gasteiger partial charge in [0.1, 0.15) is 27.8 Å². The lowest BCUT2D eigenvalue weighted by molar-refractivity contribution is 0.559. The predicted octanol–water partition coefficient (Wildman–Crippen LogP) is 1.21. The molecule has 0 bridgehead atoms. The SMILES string of the molecule is CCNc1ncnc(NC2CCS(=O)(=O)CC2)c1C. The summed E-state index contributed by atoms with van der Waals surface area (Å²) in [5.74, 6) is 2.13. The lowest BCUT2D eigenvalue weighted by atomic mass is 10.1. The summed E-state index contributed by atoms with van der Waals surface area (Å²) in [6.07, 6.45) is 2.80. The van der Waals surface area contributed by atoms with E-state index in [4.69, 9.17) is 0 Å². The summed E-state index contributed by atoms with van der Waals surface area (Å²) in [5, 5.41) is 6.51. The number of aromatic nitrogens is 2. The van der Waals surface area contributed by atoms with Crippen molar-refractivity contribution in [3.8, 4) is 0 Å². The molecule has 0 radical (unpaired) electrons. The molecule has 1 aliphatic rings. The second kappa shape index (κ2) is 5.73. The van der Waals surface area contributed by atoms with Gasteiger partial charge in [-0.15, -0.1) is 0 Å². The molecule has 0 aliphatic carbocycles. The standard InChI is InChI=1S/C12H20N4O2S/c1-3-13-11-9(2)12(15-8-14-11)16-10-4-6-19(17,18)7-5-10/h8,10H,3-7H2,1-2H3,(H2,13,14,15,16). The van der Waals surface area contributed by atoms with Gasteiger partial charge in [-0.05, 0) is 26.7 Å². The highest BCUT2D eigenvalue weighted by Gasteiger charge is 2.24. The van der Waals surface area contributed by atoms with Crippen LogP contribution in [0.15, 0.2) is 6.33 Å². The normalized spacial score (nSPS) is 19.1. The third-order valence-electron chi connectivity index (χ3n) is 3.32. The van der Waals surface area contributed by atoms with Crippen LogP contribution in [-0.2, 0) is 9.84 Å². The number of anilines is 2. The van der Waals surface area contributed by atoms with E-state index in [9.17, 15) is 8.42 Å². The van der Waals surface area contributed by atoms with Crippen molar-refractivity contribution >= 4 is 21.5 Å². The van der Waals surface area contributed by atoms with Gasteiger partial charge in [0.05, 0.1) is 11.5 Å². The van der Waals surface area contributed by atoms with Gasteiger partial charge < -0.3 is 10.6 Å². The third-order valence-corrected chi connectivity index (χ3v) is 5.04. The molecule has 0 saturated carbocycles. The largest absolute Gasteiger partial charge is 0.370 e. The zero-order valence-corrected chi connectivity index (χ0v) is 12.1. The highest BCUT2D eigenvalue weighted by Crippen LogP contribution is 2.22. The van der Waals surface area contributed by atoms with Crippen LogP contribution in [0.4, 0.5) is 11.6 Å². The van der Waals surface area contributed by atoms with Gasteiger partial charge in [0.15, 0.2) is 0 Å². The van der Waals surface area contributed by atoms with Crippen molar-refractivity contribution in [1.82, 2.24) is 9.97 Å². The average molecular weight is 284 g/mol. The monoisotopic (exact) mass is 284 g/mol. The molecule has 0 spiro atoms. The van der Waals surface area contributed by atoms with Crippen LogP contribution in [0.5, 0.6) is 0 Å². The van der Waals surface area contributed by atoms with E-state index in [1.165, 1.54) is 6.33 Å². The highest BCUT2D eigenvalue weighted by atomic mass is 32.2. The molecular formula is C12H20N4O2S. The number of rotatable bonds is 4. The number of nitrogens with zero attached hydrogens (tertiary/aromatic N) is 2. The van der Waals surface area contributed by atoms with E-state index in [-0.39, 0.29) is 17.5 Å². The third kappa shape index (κ3) is 3.56. The minimum atomic E-state index is -2.82. The summed E-state index contributed by atoms with van der Waals surface area (Å²) in [7, 11) is -2.82. The Morgan fingerprint density at radius 3 is 2.53 bits per heavy atom. The summed E-state index contributed by atoms with van der Waals surface area (Å²) in [6.45, 7) is 4.78. The van der Waals surface area contributed by atoms with Gasteiger partial charge in [-0.1, -0.05) is 0 Å². The quantitative estimate of drug-likeness (QED) is 0.864. The second-order valence-electron chi connectivity index (χ2n) is 4.80. The number of nitrogens with one attached hydrogen (secondary N) is 2. The van der Waals surface area contributed by atoms with Crippen LogP contribution in [0.3, 0.4) is 0 Å². The maximum absolute atomic E-state index is 11.4. The Labute approximate surface area is 114 Å². The van der Waals surface area contributed by atoms with Crippen molar-refractivity contribution in [3.63, 3.8) is 0 Å². The molecule has 0 aromatic carbocycles. The smallest absolute Gasteiger partial charge is 0.150 e. The zero-order valence-electron chi connectivity index (χ0n) is 11.3. The molecule has 2 heterocycles. The Kier molecular flexibility index (Phi) is 4.24. The van der Waals surface area contributed by atoms with E-state index in [1.54, 1.807) is 0 Å². The molecule has 1 aliphatic heterocycles. The van der Waals surface area contributed by atoms with Crippen molar-refractivity contribution in [2.24, 2.45) is 0 Å². The van der Waals surface area contributed by atoms with E-state index in [0.29, 0.717) is 12.8 Å². The molecule has 6 nitrogen and oxygen atoms in total. The average Bonchev–Trinajstić information content (AvgIpc) is 2.37. The Balaban J connectivity index is 2.05. The minimum Gasteiger partial charge on any atom is -0.370 e. The maximum Gasteiger partial charge on any atom is 0.150 e. The Bertz CT molecular complexity index is 531. The molecule has 0 amide bonds. The van der Waals surface area contributed by atoms with Crippen molar-refractivity contribution in [2.45, 2.75) is 32.7 Å². The first-order valence-corrected chi connectivity index (χ1v) is 8.36. The van der Waals surface area contributed by atoms with Gasteiger partial charge in [0.2, 0.25) is 0 Å². The van der Waals surface area contributed by atoms with Crippen LogP contribution in [0.1, 0.15) is 25.3 Å². The molecule has 0 atom stereocenters. The molecular weight excluding hydrogens is 264 g/mol. The lowest BCUT2D eigenvalue weighted by Crippen LogP contribution is -2.32. The van der Waals surface area contributed by atoms with Crippen LogP contribution in [0.25, 0.3) is 0 Å². The number of sulfone groups is 1. The van der Waals surface area contributed by atoms with Gasteiger partial charge >= 0.3 is 0 Å².